The molecule has 0 N–H and O–H groups in total. The van der Waals surface area contributed by atoms with Crippen molar-refractivity contribution in [3.8, 4) is 0 Å². The molecule has 0 bridgehead atoms. The van der Waals surface area contributed by atoms with E-state index in [1.165, 1.54) is 24.8 Å². The molecule has 0 radical (unpaired) electrons. The van der Waals surface area contributed by atoms with Crippen LogP contribution in [0, 0.1) is 28.6 Å². The third-order valence-corrected chi connectivity index (χ3v) is 8.86. The molecule has 0 amide bonds. The first kappa shape index (κ1) is 17.3. The Morgan fingerprint density at radius 3 is 2.48 bits per heavy atom. The van der Waals surface area contributed by atoms with Gasteiger partial charge in [-0.15, -0.1) is 0 Å². The van der Waals surface area contributed by atoms with Gasteiger partial charge in [0.15, 0.2) is 5.78 Å². The average Bonchev–Trinajstić information content (AvgIpc) is 2.79. The lowest BCUT2D eigenvalue weighted by Gasteiger charge is -2.59. The van der Waals surface area contributed by atoms with Crippen molar-refractivity contribution in [1.82, 2.24) is 0 Å². The molecular formula is C22H32O3. The Balaban J connectivity index is 1.66. The second kappa shape index (κ2) is 5.44. The predicted molar refractivity (Wildman–Crippen MR) is 96.9 cm³/mol. The van der Waals surface area contributed by atoms with Crippen LogP contribution in [0.2, 0.25) is 0 Å². The second-order valence-electron chi connectivity index (χ2n) is 9.79. The molecule has 4 rings (SSSR count). The number of hydrogen-bond acceptors (Lipinski definition) is 3. The molecule has 6 atom stereocenters. The Morgan fingerprint density at radius 2 is 1.76 bits per heavy atom. The summed E-state index contributed by atoms with van der Waals surface area (Å²) in [6.07, 6.45) is 10.5. The number of carbonyl (C=O) groups is 2. The van der Waals surface area contributed by atoms with Gasteiger partial charge in [-0.05, 0) is 81.1 Å². The first-order valence-electron chi connectivity index (χ1n) is 10.1. The monoisotopic (exact) mass is 344 g/mol. The van der Waals surface area contributed by atoms with E-state index in [0.29, 0.717) is 23.5 Å². The van der Waals surface area contributed by atoms with E-state index in [-0.39, 0.29) is 22.4 Å². The number of esters is 1. The number of ketones is 1. The van der Waals surface area contributed by atoms with Crippen molar-refractivity contribution in [3.05, 3.63) is 11.6 Å². The van der Waals surface area contributed by atoms with Crippen LogP contribution in [0.1, 0.15) is 79.1 Å². The van der Waals surface area contributed by atoms with Gasteiger partial charge in [-0.3, -0.25) is 9.59 Å². The number of fused-ring (bicyclic) bond motifs is 5. The van der Waals surface area contributed by atoms with Gasteiger partial charge < -0.3 is 4.74 Å². The summed E-state index contributed by atoms with van der Waals surface area (Å²) in [5.41, 5.74) is 1.43. The largest absolute Gasteiger partial charge is 0.459 e. The molecule has 0 spiro atoms. The molecule has 0 aliphatic heterocycles. The van der Waals surface area contributed by atoms with Crippen molar-refractivity contribution in [2.75, 3.05) is 0 Å². The summed E-state index contributed by atoms with van der Waals surface area (Å²) in [4.78, 5) is 23.6. The molecular weight excluding hydrogens is 312 g/mol. The van der Waals surface area contributed by atoms with Gasteiger partial charge in [-0.25, -0.2) is 0 Å². The number of rotatable bonds is 1. The zero-order chi connectivity index (χ0) is 18.0. The van der Waals surface area contributed by atoms with Gasteiger partial charge in [0.05, 0.1) is 0 Å². The summed E-state index contributed by atoms with van der Waals surface area (Å²) in [5, 5.41) is 0. The van der Waals surface area contributed by atoms with E-state index in [1.54, 1.807) is 6.92 Å². The summed E-state index contributed by atoms with van der Waals surface area (Å²) in [5.74, 6) is 2.24. The third kappa shape index (κ3) is 2.30. The topological polar surface area (TPSA) is 43.4 Å². The van der Waals surface area contributed by atoms with Crippen LogP contribution < -0.4 is 0 Å². The van der Waals surface area contributed by atoms with Crippen LogP contribution in [-0.2, 0) is 14.3 Å². The lowest BCUT2D eigenvalue weighted by molar-refractivity contribution is -0.177. The van der Waals surface area contributed by atoms with E-state index in [1.807, 2.05) is 6.08 Å². The lowest BCUT2D eigenvalue weighted by Crippen LogP contribution is -2.55. The maximum atomic E-state index is 11.9. The van der Waals surface area contributed by atoms with Crippen molar-refractivity contribution in [2.45, 2.75) is 84.7 Å². The van der Waals surface area contributed by atoms with E-state index in [2.05, 4.69) is 20.8 Å². The molecule has 4 aliphatic rings. The molecule has 3 saturated carbocycles. The fourth-order valence-electron chi connectivity index (χ4n) is 7.27. The Hall–Kier alpha value is -1.12. The maximum absolute atomic E-state index is 11.9. The Bertz CT molecular complexity index is 650. The zero-order valence-corrected chi connectivity index (χ0v) is 16.2. The Kier molecular flexibility index (Phi) is 3.76. The van der Waals surface area contributed by atoms with Crippen LogP contribution in [0.3, 0.4) is 0 Å². The molecule has 0 heterocycles. The lowest BCUT2D eigenvalue weighted by atomic mass is 9.46. The van der Waals surface area contributed by atoms with Gasteiger partial charge >= 0.3 is 5.97 Å². The van der Waals surface area contributed by atoms with Crippen molar-refractivity contribution in [2.24, 2.45) is 28.6 Å². The number of hydrogen-bond donors (Lipinski definition) is 0. The van der Waals surface area contributed by atoms with Gasteiger partial charge in [0, 0.05) is 18.8 Å². The minimum absolute atomic E-state index is 0.0991. The van der Waals surface area contributed by atoms with E-state index in [4.69, 9.17) is 4.74 Å². The SMILES string of the molecule is CC(=O)O[C@@]1(C)CCC2C3CCC4=CC(=O)CCC4(C)C3CCC21C. The summed E-state index contributed by atoms with van der Waals surface area (Å²) >= 11 is 0. The van der Waals surface area contributed by atoms with E-state index < -0.39 is 0 Å². The van der Waals surface area contributed by atoms with E-state index in [0.717, 1.165) is 32.1 Å². The molecule has 3 nitrogen and oxygen atoms in total. The standard InChI is InChI=1S/C22H32O3/c1-14(23)25-22(4)12-9-19-17-6-5-15-13-16(24)7-10-20(15,2)18(17)8-11-21(19,22)3/h13,17-19H,5-12H2,1-4H3/t17?,18?,19?,20?,21?,22-/m0/s1. The van der Waals surface area contributed by atoms with Crippen molar-refractivity contribution in [3.63, 3.8) is 0 Å². The smallest absolute Gasteiger partial charge is 0.303 e. The molecule has 3 fully saturated rings. The first-order valence-corrected chi connectivity index (χ1v) is 10.1. The summed E-state index contributed by atoms with van der Waals surface area (Å²) in [6.45, 7) is 8.52. The van der Waals surface area contributed by atoms with Crippen molar-refractivity contribution < 1.29 is 14.3 Å². The van der Waals surface area contributed by atoms with E-state index in [9.17, 15) is 9.59 Å². The fraction of sp³-hybridized carbons (Fsp3) is 0.818. The second-order valence-corrected chi connectivity index (χ2v) is 9.79. The van der Waals surface area contributed by atoms with Gasteiger partial charge in [0.1, 0.15) is 5.60 Å². The molecule has 0 aromatic rings. The van der Waals surface area contributed by atoms with Crippen LogP contribution in [0.15, 0.2) is 11.6 Å². The number of carbonyl (C=O) groups excluding carboxylic acids is 2. The van der Waals surface area contributed by atoms with E-state index >= 15 is 0 Å². The van der Waals surface area contributed by atoms with Crippen LogP contribution >= 0.6 is 0 Å². The van der Waals surface area contributed by atoms with Gasteiger partial charge in [0.2, 0.25) is 0 Å². The summed E-state index contributed by atoms with van der Waals surface area (Å²) in [6, 6.07) is 0. The van der Waals surface area contributed by atoms with Crippen molar-refractivity contribution >= 4 is 11.8 Å². The molecule has 3 heteroatoms. The van der Waals surface area contributed by atoms with Crippen LogP contribution in [0.5, 0.6) is 0 Å². The zero-order valence-electron chi connectivity index (χ0n) is 16.2. The van der Waals surface area contributed by atoms with Crippen LogP contribution in [-0.4, -0.2) is 17.4 Å². The maximum Gasteiger partial charge on any atom is 0.303 e. The summed E-state index contributed by atoms with van der Waals surface area (Å²) < 4.78 is 5.90. The van der Waals surface area contributed by atoms with Gasteiger partial charge in [0.25, 0.3) is 0 Å². The minimum Gasteiger partial charge on any atom is -0.459 e. The average molecular weight is 344 g/mol. The molecule has 4 aliphatic carbocycles. The fourth-order valence-corrected chi connectivity index (χ4v) is 7.27. The highest BCUT2D eigenvalue weighted by atomic mass is 16.6. The third-order valence-electron chi connectivity index (χ3n) is 8.86. The highest BCUT2D eigenvalue weighted by Crippen LogP contribution is 2.68. The minimum atomic E-state index is -0.311. The van der Waals surface area contributed by atoms with Gasteiger partial charge in [-0.1, -0.05) is 19.4 Å². The molecule has 0 aromatic heterocycles. The van der Waals surface area contributed by atoms with Crippen LogP contribution in [0.4, 0.5) is 0 Å². The molecule has 0 aromatic carbocycles. The highest BCUT2D eigenvalue weighted by molar-refractivity contribution is 5.91. The molecule has 5 unspecified atom stereocenters. The van der Waals surface area contributed by atoms with Crippen molar-refractivity contribution in [1.29, 1.82) is 0 Å². The first-order chi connectivity index (χ1) is 11.7. The number of ether oxygens (including phenoxy) is 1. The molecule has 138 valence electrons. The van der Waals surface area contributed by atoms with Crippen LogP contribution in [0.25, 0.3) is 0 Å². The Labute approximate surface area is 151 Å². The highest BCUT2D eigenvalue weighted by Gasteiger charge is 2.64. The molecule has 0 saturated heterocycles. The molecule has 25 heavy (non-hydrogen) atoms. The van der Waals surface area contributed by atoms with Gasteiger partial charge in [-0.2, -0.15) is 0 Å². The summed E-state index contributed by atoms with van der Waals surface area (Å²) in [7, 11) is 0. The predicted octanol–water partition coefficient (Wildman–Crippen LogP) is 4.84. The normalized spacial score (nSPS) is 48.9. The number of allylic oxidation sites excluding steroid dienone is 1. The Morgan fingerprint density at radius 1 is 1.04 bits per heavy atom. The quantitative estimate of drug-likeness (QED) is 0.639.